The number of hydrogen-bond acceptors (Lipinski definition) is 6. The van der Waals surface area contributed by atoms with E-state index in [4.69, 9.17) is 10.5 Å². The first-order valence-corrected chi connectivity index (χ1v) is 11.7. The van der Waals surface area contributed by atoms with Crippen molar-refractivity contribution in [1.29, 1.82) is 0 Å². The van der Waals surface area contributed by atoms with E-state index in [0.29, 0.717) is 24.2 Å². The van der Waals surface area contributed by atoms with Crippen molar-refractivity contribution in [2.45, 2.75) is 76.2 Å². The summed E-state index contributed by atoms with van der Waals surface area (Å²) in [5.74, 6) is -7.20. The zero-order chi connectivity index (χ0) is 25.1. The number of amides is 2. The van der Waals surface area contributed by atoms with Crippen LogP contribution in [-0.4, -0.2) is 57.5 Å². The van der Waals surface area contributed by atoms with Crippen LogP contribution in [0.3, 0.4) is 0 Å². The summed E-state index contributed by atoms with van der Waals surface area (Å²) in [5, 5.41) is 13.4. The Balaban J connectivity index is 1.51. The number of aliphatic hydroxyl groups is 1. The Morgan fingerprint density at radius 3 is 2.56 bits per heavy atom. The molecule has 4 N–H and O–H groups in total. The van der Waals surface area contributed by atoms with Crippen LogP contribution in [0.5, 0.6) is 5.75 Å². The van der Waals surface area contributed by atoms with Crippen molar-refractivity contribution in [3.05, 3.63) is 29.8 Å². The Morgan fingerprint density at radius 1 is 1.29 bits per heavy atom. The fourth-order valence-electron chi connectivity index (χ4n) is 5.02. The fraction of sp³-hybridized carbons (Fsp3) is 0.625. The smallest absolute Gasteiger partial charge is 0.265 e. The van der Waals surface area contributed by atoms with Gasteiger partial charge < -0.3 is 20.9 Å². The quantitative estimate of drug-likeness (QED) is 0.580. The van der Waals surface area contributed by atoms with Crippen molar-refractivity contribution in [3.63, 3.8) is 0 Å². The maximum atomic E-state index is 14.7. The van der Waals surface area contributed by atoms with Gasteiger partial charge in [-0.15, -0.1) is 0 Å². The topological polar surface area (TPSA) is 117 Å². The molecule has 1 fully saturated rings. The number of rotatable bonds is 6. The van der Waals surface area contributed by atoms with E-state index in [1.807, 2.05) is 13.8 Å². The number of nitrogens with zero attached hydrogens (tertiary/aromatic N) is 2. The molecule has 186 valence electrons. The number of para-hydroxylation sites is 1. The number of ether oxygens (including phenoxy) is 1. The lowest BCUT2D eigenvalue weighted by Gasteiger charge is -2.42. The third-order valence-electron chi connectivity index (χ3n) is 7.54. The van der Waals surface area contributed by atoms with Gasteiger partial charge in [0.05, 0.1) is 23.9 Å². The molecule has 8 nitrogen and oxygen atoms in total. The maximum absolute atomic E-state index is 14.7. The van der Waals surface area contributed by atoms with Crippen molar-refractivity contribution in [2.75, 3.05) is 6.54 Å². The van der Waals surface area contributed by atoms with Gasteiger partial charge in [0.15, 0.2) is 5.96 Å². The molecule has 0 bridgehead atoms. The minimum Gasteiger partial charge on any atom is -0.485 e. The van der Waals surface area contributed by atoms with Gasteiger partial charge >= 0.3 is 0 Å². The highest BCUT2D eigenvalue weighted by Gasteiger charge is 2.72. The van der Waals surface area contributed by atoms with Crippen LogP contribution in [0.2, 0.25) is 0 Å². The Kier molecular flexibility index (Phi) is 5.86. The number of hydrogen-bond donors (Lipinski definition) is 3. The molecule has 0 radical (unpaired) electrons. The minimum absolute atomic E-state index is 0.0858. The molecule has 1 aromatic rings. The predicted octanol–water partition coefficient (Wildman–Crippen LogP) is 2.36. The number of nitrogens with one attached hydrogen (secondary N) is 1. The summed E-state index contributed by atoms with van der Waals surface area (Å²) in [5.41, 5.74) is 4.87. The molecular formula is C24H32F2N4O4. The highest BCUT2D eigenvalue weighted by Crippen LogP contribution is 2.56. The second-order valence-corrected chi connectivity index (χ2v) is 10.0. The molecule has 4 atom stereocenters. The van der Waals surface area contributed by atoms with Crippen molar-refractivity contribution >= 4 is 17.8 Å². The number of guanidine groups is 1. The van der Waals surface area contributed by atoms with Crippen LogP contribution in [0.25, 0.3) is 0 Å². The Morgan fingerprint density at radius 2 is 1.94 bits per heavy atom. The van der Waals surface area contributed by atoms with E-state index in [-0.39, 0.29) is 24.8 Å². The van der Waals surface area contributed by atoms with E-state index < -0.39 is 47.0 Å². The molecule has 2 heterocycles. The van der Waals surface area contributed by atoms with Gasteiger partial charge in [0.25, 0.3) is 5.92 Å². The van der Waals surface area contributed by atoms with Gasteiger partial charge in [-0.1, -0.05) is 32.0 Å². The van der Waals surface area contributed by atoms with Crippen molar-refractivity contribution < 1.29 is 28.2 Å². The molecule has 3 aliphatic rings. The number of halogens is 2. The van der Waals surface area contributed by atoms with Crippen LogP contribution in [0, 0.1) is 11.8 Å². The second kappa shape index (κ2) is 8.18. The van der Waals surface area contributed by atoms with Crippen LogP contribution in [0.4, 0.5) is 8.78 Å². The summed E-state index contributed by atoms with van der Waals surface area (Å²) in [4.78, 5) is 31.2. The Hall–Kier alpha value is -2.75. The average Bonchev–Trinajstić information content (AvgIpc) is 3.33. The van der Waals surface area contributed by atoms with Crippen LogP contribution in [0.1, 0.15) is 58.6 Å². The molecule has 0 saturated heterocycles. The van der Waals surface area contributed by atoms with Crippen molar-refractivity contribution in [3.8, 4) is 5.75 Å². The van der Waals surface area contributed by atoms with Crippen molar-refractivity contribution in [1.82, 2.24) is 10.2 Å². The Labute approximate surface area is 197 Å². The van der Waals surface area contributed by atoms with Crippen LogP contribution in [-0.2, 0) is 9.59 Å². The van der Waals surface area contributed by atoms with Gasteiger partial charge in [0.2, 0.25) is 11.8 Å². The zero-order valence-corrected chi connectivity index (χ0v) is 19.8. The molecule has 1 aromatic carbocycles. The zero-order valence-electron chi connectivity index (χ0n) is 19.8. The van der Waals surface area contributed by atoms with Crippen LogP contribution < -0.4 is 15.8 Å². The van der Waals surface area contributed by atoms with E-state index in [2.05, 4.69) is 10.3 Å². The molecule has 34 heavy (non-hydrogen) atoms. The fourth-order valence-corrected chi connectivity index (χ4v) is 5.02. The van der Waals surface area contributed by atoms with Gasteiger partial charge in [0.1, 0.15) is 23.4 Å². The number of alkyl halides is 2. The average molecular weight is 479 g/mol. The molecule has 2 aliphatic heterocycles. The number of fused-ring (bicyclic) bond motifs is 1. The van der Waals surface area contributed by atoms with Gasteiger partial charge in [-0.05, 0) is 32.8 Å². The monoisotopic (exact) mass is 478 g/mol. The largest absolute Gasteiger partial charge is 0.485 e. The highest BCUT2D eigenvalue weighted by molar-refractivity contribution is 5.99. The van der Waals surface area contributed by atoms with E-state index in [1.165, 1.54) is 0 Å². The number of nitrogens with two attached hydrogens (primary N) is 1. The van der Waals surface area contributed by atoms with Gasteiger partial charge in [-0.2, -0.15) is 0 Å². The van der Waals surface area contributed by atoms with Gasteiger partial charge in [-0.3, -0.25) is 14.5 Å². The standard InChI is InChI=1S/C24H32F2N4O4/c1-5-23(6-2)11-16(31)30(21(27)29-23)12-14-17(24(14,25)26)20(33)28-18-13-9-7-8-10-15(13)34-22(3,4)19(18)32/h7-10,14,17-19,32H,5-6,11-12H2,1-4H3,(H2,27,29)(H,28,33). The first kappa shape index (κ1) is 24.4. The maximum Gasteiger partial charge on any atom is 0.265 e. The van der Waals surface area contributed by atoms with E-state index in [9.17, 15) is 23.5 Å². The molecule has 1 aliphatic carbocycles. The summed E-state index contributed by atoms with van der Waals surface area (Å²) in [6.07, 6.45) is 0.162. The predicted molar refractivity (Wildman–Crippen MR) is 121 cm³/mol. The molecule has 0 spiro atoms. The van der Waals surface area contributed by atoms with Crippen LogP contribution >= 0.6 is 0 Å². The van der Waals surface area contributed by atoms with Gasteiger partial charge in [0, 0.05) is 12.1 Å². The number of carbonyl (C=O) groups excluding carboxylic acids is 2. The van der Waals surface area contributed by atoms with E-state index in [1.54, 1.807) is 38.1 Å². The lowest BCUT2D eigenvalue weighted by Crippen LogP contribution is -2.54. The molecule has 4 rings (SSSR count). The highest BCUT2D eigenvalue weighted by atomic mass is 19.3. The number of carbonyl (C=O) groups is 2. The number of aliphatic imine (C=N–C) groups is 1. The summed E-state index contributed by atoms with van der Waals surface area (Å²) < 4.78 is 35.3. The summed E-state index contributed by atoms with van der Waals surface area (Å²) in [6.45, 7) is 6.75. The minimum atomic E-state index is -3.31. The normalized spacial score (nSPS) is 30.6. The van der Waals surface area contributed by atoms with Crippen molar-refractivity contribution in [2.24, 2.45) is 22.6 Å². The molecular weight excluding hydrogens is 446 g/mol. The molecule has 1 saturated carbocycles. The first-order chi connectivity index (χ1) is 15.9. The summed E-state index contributed by atoms with van der Waals surface area (Å²) in [6, 6.07) is 5.94. The summed E-state index contributed by atoms with van der Waals surface area (Å²) >= 11 is 0. The molecule has 2 amide bonds. The third kappa shape index (κ3) is 3.91. The van der Waals surface area contributed by atoms with E-state index >= 15 is 0 Å². The second-order valence-electron chi connectivity index (χ2n) is 10.0. The first-order valence-electron chi connectivity index (χ1n) is 11.7. The molecule has 0 aromatic heterocycles. The van der Waals surface area contributed by atoms with E-state index in [0.717, 1.165) is 4.90 Å². The lowest BCUT2D eigenvalue weighted by molar-refractivity contribution is -0.131. The SMILES string of the molecule is CCC1(CC)CC(=O)N(CC2C(C(=O)NC3c4ccccc4OC(C)(C)C3O)C2(F)F)C(N)=N1. The summed E-state index contributed by atoms with van der Waals surface area (Å²) in [7, 11) is 0. The third-order valence-corrected chi connectivity index (χ3v) is 7.54. The number of aliphatic hydroxyl groups excluding tert-OH is 1. The Bertz CT molecular complexity index is 1020. The number of benzene rings is 1. The lowest BCUT2D eigenvalue weighted by atomic mass is 9.86. The van der Waals surface area contributed by atoms with Gasteiger partial charge in [-0.25, -0.2) is 13.8 Å². The molecule has 10 heteroatoms. The molecule has 4 unspecified atom stereocenters. The van der Waals surface area contributed by atoms with Crippen LogP contribution in [0.15, 0.2) is 29.3 Å².